The summed E-state index contributed by atoms with van der Waals surface area (Å²) in [7, 11) is -4.43. The number of nitrogens with one attached hydrogen (secondary N) is 1. The first-order valence-electron chi connectivity index (χ1n) is 5.51. The molecule has 0 aromatic heterocycles. The fourth-order valence-electron chi connectivity index (χ4n) is 1.25. The number of nitrogens with zero attached hydrogens (tertiary/aromatic N) is 1. The average Bonchev–Trinajstić information content (AvgIpc) is 2.31. The van der Waals surface area contributed by atoms with Crippen molar-refractivity contribution in [3.8, 4) is 0 Å². The van der Waals surface area contributed by atoms with Gasteiger partial charge in [-0.2, -0.15) is 0 Å². The van der Waals surface area contributed by atoms with Crippen molar-refractivity contribution in [2.75, 3.05) is 32.1 Å². The quantitative estimate of drug-likeness (QED) is 0.679. The van der Waals surface area contributed by atoms with Crippen LogP contribution in [0.25, 0.3) is 0 Å². The molecule has 0 atom stereocenters. The van der Waals surface area contributed by atoms with E-state index < -0.39 is 20.0 Å². The summed E-state index contributed by atoms with van der Waals surface area (Å²) in [5.74, 6) is -0.310. The third-order valence-corrected chi connectivity index (χ3v) is 6.47. The van der Waals surface area contributed by atoms with Gasteiger partial charge in [0, 0.05) is 30.8 Å². The lowest BCUT2D eigenvalue weighted by molar-refractivity contribution is 0.519. The summed E-state index contributed by atoms with van der Waals surface area (Å²) in [5, 5.41) is 0. The molecule has 0 aliphatic carbocycles. The van der Waals surface area contributed by atoms with E-state index in [1.54, 1.807) is 0 Å². The molecule has 0 radical (unpaired) electrons. The highest BCUT2D eigenvalue weighted by Crippen LogP contribution is 2.22. The highest BCUT2D eigenvalue weighted by Gasteiger charge is 2.18. The van der Waals surface area contributed by atoms with E-state index in [0.29, 0.717) is 10.2 Å². The highest BCUT2D eigenvalue weighted by molar-refractivity contribution is 9.10. The lowest BCUT2D eigenvalue weighted by Gasteiger charge is -2.12. The lowest BCUT2D eigenvalue weighted by Crippen LogP contribution is -2.33. The Balaban J connectivity index is 2.79. The first-order valence-corrected chi connectivity index (χ1v) is 9.40. The normalized spacial score (nSPS) is 12.8. The van der Waals surface area contributed by atoms with Gasteiger partial charge >= 0.3 is 0 Å². The molecule has 0 spiro atoms. The van der Waals surface area contributed by atoms with Crippen LogP contribution in [-0.2, 0) is 20.0 Å². The summed E-state index contributed by atoms with van der Waals surface area (Å²) in [6.07, 6.45) is 0. The van der Waals surface area contributed by atoms with E-state index in [4.69, 9.17) is 5.73 Å². The predicted molar refractivity (Wildman–Crippen MR) is 81.2 cm³/mol. The van der Waals surface area contributed by atoms with Gasteiger partial charge in [-0.1, -0.05) is 0 Å². The maximum Gasteiger partial charge on any atom is 0.240 e. The minimum atomic E-state index is -3.77. The lowest BCUT2D eigenvalue weighted by atomic mass is 10.3. The Hall–Kier alpha value is -0.680. The summed E-state index contributed by atoms with van der Waals surface area (Å²) in [4.78, 5) is 0.0147. The van der Waals surface area contributed by atoms with Crippen molar-refractivity contribution >= 4 is 41.7 Å². The maximum atomic E-state index is 12.0. The molecule has 0 amide bonds. The number of rotatable bonds is 6. The molecule has 0 aliphatic rings. The van der Waals surface area contributed by atoms with Crippen molar-refractivity contribution < 1.29 is 16.8 Å². The fraction of sp³-hybridized carbons (Fsp3) is 0.400. The maximum absolute atomic E-state index is 12.0. The minimum Gasteiger partial charge on any atom is -0.398 e. The number of halogens is 1. The molecular formula is C10H16BrN3O4S2. The van der Waals surface area contributed by atoms with Crippen molar-refractivity contribution in [3.63, 3.8) is 0 Å². The molecule has 1 aromatic carbocycles. The van der Waals surface area contributed by atoms with Crippen molar-refractivity contribution in [2.24, 2.45) is 0 Å². The third kappa shape index (κ3) is 4.42. The van der Waals surface area contributed by atoms with Gasteiger partial charge in [0.15, 0.2) is 0 Å². The molecule has 0 fully saturated rings. The third-order valence-electron chi connectivity index (χ3n) is 2.49. The van der Waals surface area contributed by atoms with Gasteiger partial charge in [0.2, 0.25) is 20.0 Å². The minimum absolute atomic E-state index is 0.0147. The van der Waals surface area contributed by atoms with E-state index in [0.717, 1.165) is 4.31 Å². The standard InChI is InChI=1S/C10H16BrN3O4S2/c1-14(2)19(15,16)6-5-13-20(17,18)8-3-4-10(12)9(11)7-8/h3-4,7,13H,5-6,12H2,1-2H3. The van der Waals surface area contributed by atoms with Gasteiger partial charge in [-0.3, -0.25) is 0 Å². The van der Waals surface area contributed by atoms with Crippen LogP contribution in [0.5, 0.6) is 0 Å². The number of hydrogen-bond acceptors (Lipinski definition) is 5. The Labute approximate surface area is 127 Å². The van der Waals surface area contributed by atoms with Crippen LogP contribution in [0.3, 0.4) is 0 Å². The van der Waals surface area contributed by atoms with Crippen molar-refractivity contribution in [1.29, 1.82) is 0 Å². The zero-order valence-electron chi connectivity index (χ0n) is 11.0. The molecule has 114 valence electrons. The second-order valence-corrected chi connectivity index (χ2v) is 9.10. The van der Waals surface area contributed by atoms with Gasteiger partial charge in [-0.15, -0.1) is 0 Å². The van der Waals surface area contributed by atoms with Gasteiger partial charge in [0.25, 0.3) is 0 Å². The van der Waals surface area contributed by atoms with Crippen LogP contribution in [-0.4, -0.2) is 47.5 Å². The van der Waals surface area contributed by atoms with E-state index >= 15 is 0 Å². The van der Waals surface area contributed by atoms with Crippen molar-refractivity contribution in [2.45, 2.75) is 4.90 Å². The summed E-state index contributed by atoms with van der Waals surface area (Å²) < 4.78 is 50.7. The molecular weight excluding hydrogens is 370 g/mol. The molecule has 1 rings (SSSR count). The average molecular weight is 386 g/mol. The molecule has 20 heavy (non-hydrogen) atoms. The molecule has 0 saturated heterocycles. The Bertz CT molecular complexity index is 686. The van der Waals surface area contributed by atoms with Crippen LogP contribution in [0.1, 0.15) is 0 Å². The summed E-state index contributed by atoms with van der Waals surface area (Å²) in [6.45, 7) is -0.204. The van der Waals surface area contributed by atoms with Crippen LogP contribution >= 0.6 is 15.9 Å². The predicted octanol–water partition coefficient (Wildman–Crippen LogP) is 0.201. The Kier molecular flexibility index (Phi) is 5.55. The molecule has 7 nitrogen and oxygen atoms in total. The second kappa shape index (κ2) is 6.39. The van der Waals surface area contributed by atoms with Crippen LogP contribution in [0.2, 0.25) is 0 Å². The van der Waals surface area contributed by atoms with Crippen LogP contribution in [0.15, 0.2) is 27.6 Å². The molecule has 0 unspecified atom stereocenters. The molecule has 10 heteroatoms. The smallest absolute Gasteiger partial charge is 0.240 e. The summed E-state index contributed by atoms with van der Waals surface area (Å²) in [5.41, 5.74) is 5.99. The largest absolute Gasteiger partial charge is 0.398 e. The monoisotopic (exact) mass is 385 g/mol. The summed E-state index contributed by atoms with van der Waals surface area (Å²) in [6, 6.07) is 4.16. The number of anilines is 1. The number of nitrogens with two attached hydrogens (primary N) is 1. The van der Waals surface area contributed by atoms with E-state index in [9.17, 15) is 16.8 Å². The van der Waals surface area contributed by atoms with Crippen LogP contribution in [0, 0.1) is 0 Å². The van der Waals surface area contributed by atoms with Crippen LogP contribution in [0.4, 0.5) is 5.69 Å². The fourth-order valence-corrected chi connectivity index (χ4v) is 3.69. The van der Waals surface area contributed by atoms with Gasteiger partial charge in [0.05, 0.1) is 10.6 Å². The molecule has 0 aliphatic heterocycles. The molecule has 3 N–H and O–H groups in total. The highest BCUT2D eigenvalue weighted by atomic mass is 79.9. The topological polar surface area (TPSA) is 110 Å². The first kappa shape index (κ1) is 17.4. The zero-order valence-corrected chi connectivity index (χ0v) is 14.2. The molecule has 1 aromatic rings. The van der Waals surface area contributed by atoms with E-state index in [2.05, 4.69) is 20.7 Å². The van der Waals surface area contributed by atoms with E-state index in [1.807, 2.05) is 0 Å². The molecule has 0 bridgehead atoms. The Morgan fingerprint density at radius 2 is 1.85 bits per heavy atom. The first-order chi connectivity index (χ1) is 9.06. The van der Waals surface area contributed by atoms with Crippen molar-refractivity contribution in [1.82, 2.24) is 9.03 Å². The second-order valence-electron chi connectivity index (χ2n) is 4.18. The number of sulfonamides is 2. The van der Waals surface area contributed by atoms with Gasteiger partial charge in [0.1, 0.15) is 0 Å². The summed E-state index contributed by atoms with van der Waals surface area (Å²) >= 11 is 3.14. The Morgan fingerprint density at radius 3 is 2.35 bits per heavy atom. The number of hydrogen-bond donors (Lipinski definition) is 2. The van der Waals surface area contributed by atoms with Gasteiger partial charge in [-0.05, 0) is 34.1 Å². The van der Waals surface area contributed by atoms with Crippen molar-refractivity contribution in [3.05, 3.63) is 22.7 Å². The van der Waals surface area contributed by atoms with E-state index in [-0.39, 0.29) is 17.2 Å². The molecule has 0 saturated carbocycles. The Morgan fingerprint density at radius 1 is 1.25 bits per heavy atom. The number of benzene rings is 1. The van der Waals surface area contributed by atoms with Gasteiger partial charge < -0.3 is 5.73 Å². The van der Waals surface area contributed by atoms with E-state index in [1.165, 1.54) is 32.3 Å². The number of nitrogen functional groups attached to an aromatic ring is 1. The molecule has 0 heterocycles. The zero-order chi connectivity index (χ0) is 15.6. The van der Waals surface area contributed by atoms with Gasteiger partial charge in [-0.25, -0.2) is 25.9 Å². The van der Waals surface area contributed by atoms with Crippen LogP contribution < -0.4 is 10.5 Å². The SMILES string of the molecule is CN(C)S(=O)(=O)CCNS(=O)(=O)c1ccc(N)c(Br)c1.